The molecular formula is C44H44N4O5. The average Bonchev–Trinajstić information content (AvgIpc) is 3.52. The highest BCUT2D eigenvalue weighted by Gasteiger charge is 2.40. The third kappa shape index (κ3) is 7.24. The molecule has 4 aliphatic rings. The maximum atomic E-state index is 13.1. The number of aromatic hydroxyl groups is 1. The Morgan fingerprint density at radius 3 is 2.45 bits per heavy atom. The fraction of sp³-hybridized carbons (Fsp3) is 0.341. The lowest BCUT2D eigenvalue weighted by Crippen LogP contribution is -2.52. The number of nitrogens with one attached hydrogen (secondary N) is 1. The van der Waals surface area contributed by atoms with Crippen molar-refractivity contribution in [3.8, 4) is 23.3 Å². The van der Waals surface area contributed by atoms with Crippen molar-refractivity contribution in [3.05, 3.63) is 124 Å². The number of nitrogens with zero attached hydrogens (tertiary/aromatic N) is 3. The van der Waals surface area contributed by atoms with E-state index >= 15 is 0 Å². The molecule has 1 unspecified atom stereocenters. The summed E-state index contributed by atoms with van der Waals surface area (Å²) in [5.74, 6) is 7.04. The first kappa shape index (κ1) is 34.5. The van der Waals surface area contributed by atoms with Gasteiger partial charge in [-0.25, -0.2) is 0 Å². The minimum atomic E-state index is -0.623. The number of hydrogen-bond donors (Lipinski definition) is 2. The van der Waals surface area contributed by atoms with Gasteiger partial charge in [0, 0.05) is 85.8 Å². The smallest absolute Gasteiger partial charge is 0.255 e. The number of piperazine rings is 1. The predicted octanol–water partition coefficient (Wildman–Crippen LogP) is 5.81. The Morgan fingerprint density at radius 2 is 1.66 bits per heavy atom. The lowest BCUT2D eigenvalue weighted by molar-refractivity contribution is -0.136. The van der Waals surface area contributed by atoms with E-state index in [9.17, 15) is 19.5 Å². The second-order valence-electron chi connectivity index (χ2n) is 14.4. The van der Waals surface area contributed by atoms with Crippen molar-refractivity contribution >= 4 is 23.4 Å². The number of carbonyl (C=O) groups excluding carboxylic acids is 3. The molecular weight excluding hydrogens is 665 g/mol. The largest absolute Gasteiger partial charge is 0.508 e. The zero-order valence-corrected chi connectivity index (χ0v) is 29.8. The van der Waals surface area contributed by atoms with Crippen LogP contribution in [0.1, 0.15) is 82.1 Å². The van der Waals surface area contributed by atoms with Crippen molar-refractivity contribution in [2.45, 2.75) is 56.5 Å². The standard InChI is InChI=1S/C44H44N4O5/c49-34-18-19-36-40(27-34)53-29-38(31-10-5-3-6-11-31)42(36)32-14-16-33(17-15-32)47-25-23-46(24-26-47)22-7-2-1-4-9-30-12-8-13-35-37(30)28-48(44(35)52)39-20-21-41(50)45-43(39)51/h3,5-6,8,10-19,27,38-39,42,49H,1-2,7,20-26,28-29H2,(H,45,50,51)/t38-,39?,42-/m1/s1. The van der Waals surface area contributed by atoms with Gasteiger partial charge >= 0.3 is 0 Å². The van der Waals surface area contributed by atoms with Gasteiger partial charge in [-0.05, 0) is 72.8 Å². The average molecular weight is 709 g/mol. The molecule has 270 valence electrons. The molecule has 3 amide bonds. The Balaban J connectivity index is 0.821. The number of imide groups is 1. The molecule has 4 aliphatic heterocycles. The quantitative estimate of drug-likeness (QED) is 0.136. The highest BCUT2D eigenvalue weighted by molar-refractivity contribution is 6.05. The highest BCUT2D eigenvalue weighted by Crippen LogP contribution is 2.47. The van der Waals surface area contributed by atoms with Crippen LogP contribution >= 0.6 is 0 Å². The lowest BCUT2D eigenvalue weighted by atomic mass is 9.76. The molecule has 4 aromatic carbocycles. The molecule has 0 radical (unpaired) electrons. The number of hydrogen-bond acceptors (Lipinski definition) is 7. The topological polar surface area (TPSA) is 102 Å². The Morgan fingerprint density at radius 1 is 0.849 bits per heavy atom. The van der Waals surface area contributed by atoms with Crippen LogP contribution in [0.4, 0.5) is 5.69 Å². The zero-order valence-electron chi connectivity index (χ0n) is 29.8. The van der Waals surface area contributed by atoms with Crippen LogP contribution in [-0.2, 0) is 16.1 Å². The summed E-state index contributed by atoms with van der Waals surface area (Å²) in [6.45, 7) is 5.96. The number of rotatable bonds is 8. The SMILES string of the molecule is O=C1CCC(N2Cc3c(C#CCCCCN4CCN(c5ccc([C@@H]6c7ccc(O)cc7OC[C@@H]6c6ccccc6)cc5)CC4)cccc3C2=O)C(=O)N1. The number of benzene rings is 4. The number of ether oxygens (including phenoxy) is 1. The fourth-order valence-corrected chi connectivity index (χ4v) is 8.33. The second kappa shape index (κ2) is 15.2. The maximum Gasteiger partial charge on any atom is 0.255 e. The highest BCUT2D eigenvalue weighted by atomic mass is 16.5. The van der Waals surface area contributed by atoms with Crippen LogP contribution in [0.5, 0.6) is 11.5 Å². The second-order valence-corrected chi connectivity index (χ2v) is 14.4. The van der Waals surface area contributed by atoms with Crippen LogP contribution in [0.25, 0.3) is 0 Å². The summed E-state index contributed by atoms with van der Waals surface area (Å²) in [7, 11) is 0. The monoisotopic (exact) mass is 708 g/mol. The van der Waals surface area contributed by atoms with Crippen molar-refractivity contribution in [2.24, 2.45) is 0 Å². The number of phenolic OH excluding ortho intramolecular Hbond substituents is 1. The number of phenols is 1. The minimum absolute atomic E-state index is 0.130. The molecule has 2 N–H and O–H groups in total. The summed E-state index contributed by atoms with van der Waals surface area (Å²) in [6, 6.07) is 30.1. The van der Waals surface area contributed by atoms with Crippen molar-refractivity contribution in [2.75, 3.05) is 44.2 Å². The summed E-state index contributed by atoms with van der Waals surface area (Å²) in [6.07, 6.45) is 3.45. The summed E-state index contributed by atoms with van der Waals surface area (Å²) in [5.41, 5.74) is 7.15. The summed E-state index contributed by atoms with van der Waals surface area (Å²) >= 11 is 0. The molecule has 2 saturated heterocycles. The molecule has 0 saturated carbocycles. The molecule has 3 atom stereocenters. The van der Waals surface area contributed by atoms with Gasteiger partial charge in [-0.1, -0.05) is 66.4 Å². The Labute approximate surface area is 310 Å². The van der Waals surface area contributed by atoms with Gasteiger partial charge in [0.2, 0.25) is 11.8 Å². The maximum absolute atomic E-state index is 13.1. The van der Waals surface area contributed by atoms with E-state index in [2.05, 4.69) is 75.5 Å². The van der Waals surface area contributed by atoms with E-state index in [-0.39, 0.29) is 35.8 Å². The Hall–Kier alpha value is -5.59. The van der Waals surface area contributed by atoms with Crippen LogP contribution < -0.4 is 15.0 Å². The fourth-order valence-electron chi connectivity index (χ4n) is 8.33. The van der Waals surface area contributed by atoms with E-state index in [1.54, 1.807) is 23.1 Å². The molecule has 0 aliphatic carbocycles. The van der Waals surface area contributed by atoms with Crippen molar-refractivity contribution in [1.29, 1.82) is 0 Å². The third-order valence-corrected chi connectivity index (χ3v) is 11.2. The molecule has 0 aromatic heterocycles. The molecule has 9 nitrogen and oxygen atoms in total. The summed E-state index contributed by atoms with van der Waals surface area (Å²) in [4.78, 5) is 43.7. The number of anilines is 1. The van der Waals surface area contributed by atoms with Crippen LogP contribution in [0, 0.1) is 11.8 Å². The van der Waals surface area contributed by atoms with Gasteiger partial charge in [-0.2, -0.15) is 0 Å². The molecule has 4 heterocycles. The van der Waals surface area contributed by atoms with Crippen LogP contribution in [0.15, 0.2) is 91.0 Å². The van der Waals surface area contributed by atoms with Crippen LogP contribution in [0.3, 0.4) is 0 Å². The van der Waals surface area contributed by atoms with Crippen molar-refractivity contribution < 1.29 is 24.2 Å². The van der Waals surface area contributed by atoms with Gasteiger partial charge in [0.05, 0.1) is 6.61 Å². The third-order valence-electron chi connectivity index (χ3n) is 11.2. The van der Waals surface area contributed by atoms with Gasteiger partial charge in [0.25, 0.3) is 5.91 Å². The van der Waals surface area contributed by atoms with Gasteiger partial charge in [0.1, 0.15) is 17.5 Å². The minimum Gasteiger partial charge on any atom is -0.508 e. The van der Waals surface area contributed by atoms with E-state index in [0.29, 0.717) is 25.1 Å². The number of piperidine rings is 1. The first-order valence-electron chi connectivity index (χ1n) is 18.8. The van der Waals surface area contributed by atoms with Gasteiger partial charge < -0.3 is 19.6 Å². The Kier molecular flexibility index (Phi) is 9.88. The van der Waals surface area contributed by atoms with Crippen LogP contribution in [0.2, 0.25) is 0 Å². The molecule has 53 heavy (non-hydrogen) atoms. The molecule has 9 heteroatoms. The van der Waals surface area contributed by atoms with E-state index in [0.717, 1.165) is 74.4 Å². The van der Waals surface area contributed by atoms with Gasteiger partial charge in [-0.3, -0.25) is 24.6 Å². The summed E-state index contributed by atoms with van der Waals surface area (Å²) < 4.78 is 6.15. The number of amides is 3. The van der Waals surface area contributed by atoms with E-state index < -0.39 is 11.9 Å². The van der Waals surface area contributed by atoms with Crippen molar-refractivity contribution in [1.82, 2.24) is 15.1 Å². The Bertz CT molecular complexity index is 2060. The molecule has 2 fully saturated rings. The normalized spacial score (nSPS) is 21.3. The molecule has 8 rings (SSSR count). The molecule has 4 aromatic rings. The number of unbranched alkanes of at least 4 members (excludes halogenated alkanes) is 2. The zero-order chi connectivity index (χ0) is 36.3. The van der Waals surface area contributed by atoms with Crippen molar-refractivity contribution in [3.63, 3.8) is 0 Å². The molecule has 0 spiro atoms. The van der Waals surface area contributed by atoms with Crippen LogP contribution in [-0.4, -0.2) is 78.0 Å². The first-order valence-corrected chi connectivity index (χ1v) is 18.8. The first-order chi connectivity index (χ1) is 25.9. The summed E-state index contributed by atoms with van der Waals surface area (Å²) in [5, 5.41) is 12.5. The number of carbonyl (C=O) groups is 3. The number of fused-ring (bicyclic) bond motifs is 2. The van der Waals surface area contributed by atoms with Gasteiger partial charge in [0.15, 0.2) is 0 Å². The lowest BCUT2D eigenvalue weighted by Gasteiger charge is -2.37. The van der Waals surface area contributed by atoms with E-state index in [4.69, 9.17) is 4.74 Å². The predicted molar refractivity (Wildman–Crippen MR) is 203 cm³/mol. The van der Waals surface area contributed by atoms with E-state index in [1.807, 2.05) is 24.3 Å². The van der Waals surface area contributed by atoms with Gasteiger partial charge in [-0.15, -0.1) is 0 Å². The van der Waals surface area contributed by atoms with E-state index in [1.165, 1.54) is 16.8 Å². The molecule has 0 bridgehead atoms.